The fourth-order valence-corrected chi connectivity index (χ4v) is 2.23. The van der Waals surface area contributed by atoms with Crippen molar-refractivity contribution in [2.75, 3.05) is 17.6 Å². The van der Waals surface area contributed by atoms with Crippen LogP contribution in [0.2, 0.25) is 0 Å². The van der Waals surface area contributed by atoms with Gasteiger partial charge in [-0.1, -0.05) is 13.3 Å². The lowest BCUT2D eigenvalue weighted by atomic mass is 10.0. The Morgan fingerprint density at radius 1 is 1.50 bits per heavy atom. The molecule has 1 fully saturated rings. The van der Waals surface area contributed by atoms with Gasteiger partial charge in [-0.15, -0.1) is 0 Å². The van der Waals surface area contributed by atoms with E-state index in [1.807, 2.05) is 19.2 Å². The molecule has 1 aromatic rings. The van der Waals surface area contributed by atoms with E-state index in [9.17, 15) is 0 Å². The van der Waals surface area contributed by atoms with Crippen LogP contribution in [0.3, 0.4) is 0 Å². The van der Waals surface area contributed by atoms with Gasteiger partial charge in [0.15, 0.2) is 0 Å². The largest absolute Gasteiger partial charge is 0.396 e. The SMILES string of the molecule is CCCC1(CNc2ncc(C)cc2N)CC1. The Kier molecular flexibility index (Phi) is 3.03. The number of pyridine rings is 1. The van der Waals surface area contributed by atoms with Crippen molar-refractivity contribution < 1.29 is 0 Å². The highest BCUT2D eigenvalue weighted by molar-refractivity contribution is 5.61. The molecule has 0 aromatic carbocycles. The molecule has 1 aromatic heterocycles. The van der Waals surface area contributed by atoms with Crippen LogP contribution in [0.25, 0.3) is 0 Å². The topological polar surface area (TPSA) is 50.9 Å². The molecule has 0 aliphatic heterocycles. The number of nitrogens with two attached hydrogens (primary N) is 1. The minimum absolute atomic E-state index is 0.535. The molecule has 1 saturated carbocycles. The molecule has 0 bridgehead atoms. The van der Waals surface area contributed by atoms with Gasteiger partial charge in [-0.05, 0) is 43.2 Å². The Labute approximate surface area is 97.5 Å². The summed E-state index contributed by atoms with van der Waals surface area (Å²) in [5.74, 6) is 0.841. The molecular weight excluding hydrogens is 198 g/mol. The van der Waals surface area contributed by atoms with Gasteiger partial charge in [-0.2, -0.15) is 0 Å². The molecule has 3 nitrogen and oxygen atoms in total. The van der Waals surface area contributed by atoms with Crippen molar-refractivity contribution in [2.45, 2.75) is 39.5 Å². The van der Waals surface area contributed by atoms with E-state index in [-0.39, 0.29) is 0 Å². The van der Waals surface area contributed by atoms with Crippen LogP contribution in [0.5, 0.6) is 0 Å². The first kappa shape index (κ1) is 11.2. The van der Waals surface area contributed by atoms with Crippen LogP contribution in [-0.2, 0) is 0 Å². The molecular formula is C13H21N3. The average molecular weight is 219 g/mol. The number of hydrogen-bond donors (Lipinski definition) is 2. The molecule has 0 atom stereocenters. The van der Waals surface area contributed by atoms with Crippen LogP contribution < -0.4 is 11.1 Å². The summed E-state index contributed by atoms with van der Waals surface area (Å²) in [5, 5.41) is 3.39. The fourth-order valence-electron chi connectivity index (χ4n) is 2.23. The van der Waals surface area contributed by atoms with Gasteiger partial charge in [0.2, 0.25) is 0 Å². The molecule has 88 valence electrons. The summed E-state index contributed by atoms with van der Waals surface area (Å²) in [6.07, 6.45) is 7.13. The van der Waals surface area contributed by atoms with Crippen molar-refractivity contribution >= 4 is 11.5 Å². The molecule has 3 N–H and O–H groups in total. The van der Waals surface area contributed by atoms with Gasteiger partial charge in [-0.3, -0.25) is 0 Å². The maximum absolute atomic E-state index is 5.92. The first-order valence-corrected chi connectivity index (χ1v) is 6.11. The molecule has 0 radical (unpaired) electrons. The highest BCUT2D eigenvalue weighted by Gasteiger charge is 2.41. The summed E-state index contributed by atoms with van der Waals surface area (Å²) in [5.41, 5.74) is 8.32. The maximum atomic E-state index is 5.92. The number of nitrogens with one attached hydrogen (secondary N) is 1. The normalized spacial score (nSPS) is 17.1. The number of aromatic nitrogens is 1. The van der Waals surface area contributed by atoms with Crippen LogP contribution in [-0.4, -0.2) is 11.5 Å². The monoisotopic (exact) mass is 219 g/mol. The van der Waals surface area contributed by atoms with E-state index in [2.05, 4.69) is 17.2 Å². The molecule has 3 heteroatoms. The molecule has 0 spiro atoms. The summed E-state index contributed by atoms with van der Waals surface area (Å²) in [4.78, 5) is 4.33. The van der Waals surface area contributed by atoms with Crippen LogP contribution in [0.1, 0.15) is 38.2 Å². The number of anilines is 2. The zero-order valence-electron chi connectivity index (χ0n) is 10.2. The maximum Gasteiger partial charge on any atom is 0.149 e. The lowest BCUT2D eigenvalue weighted by molar-refractivity contribution is 0.485. The lowest BCUT2D eigenvalue weighted by Crippen LogP contribution is -2.16. The third-order valence-corrected chi connectivity index (χ3v) is 3.42. The highest BCUT2D eigenvalue weighted by atomic mass is 15.0. The zero-order chi connectivity index (χ0) is 11.6. The molecule has 2 rings (SSSR count). The fraction of sp³-hybridized carbons (Fsp3) is 0.615. The molecule has 0 saturated heterocycles. The van der Waals surface area contributed by atoms with Crippen molar-refractivity contribution in [3.63, 3.8) is 0 Å². The van der Waals surface area contributed by atoms with Crippen molar-refractivity contribution in [3.8, 4) is 0 Å². The van der Waals surface area contributed by atoms with Crippen LogP contribution >= 0.6 is 0 Å². The van der Waals surface area contributed by atoms with Gasteiger partial charge < -0.3 is 11.1 Å². The van der Waals surface area contributed by atoms with E-state index in [1.54, 1.807) is 0 Å². The number of aryl methyl sites for hydroxylation is 1. The summed E-state index contributed by atoms with van der Waals surface area (Å²) in [6, 6.07) is 1.97. The summed E-state index contributed by atoms with van der Waals surface area (Å²) < 4.78 is 0. The van der Waals surface area contributed by atoms with Gasteiger partial charge in [0.1, 0.15) is 5.82 Å². The zero-order valence-corrected chi connectivity index (χ0v) is 10.2. The van der Waals surface area contributed by atoms with E-state index in [4.69, 9.17) is 5.73 Å². The highest BCUT2D eigenvalue weighted by Crippen LogP contribution is 2.49. The third kappa shape index (κ3) is 2.46. The third-order valence-electron chi connectivity index (χ3n) is 3.42. The van der Waals surface area contributed by atoms with Gasteiger partial charge >= 0.3 is 0 Å². The summed E-state index contributed by atoms with van der Waals surface area (Å²) in [7, 11) is 0. The van der Waals surface area contributed by atoms with Crippen molar-refractivity contribution in [1.82, 2.24) is 4.98 Å². The van der Waals surface area contributed by atoms with Gasteiger partial charge in [0.25, 0.3) is 0 Å². The smallest absolute Gasteiger partial charge is 0.149 e. The Balaban J connectivity index is 1.94. The van der Waals surface area contributed by atoms with Gasteiger partial charge in [0.05, 0.1) is 5.69 Å². The Morgan fingerprint density at radius 3 is 2.81 bits per heavy atom. The van der Waals surface area contributed by atoms with Crippen molar-refractivity contribution in [1.29, 1.82) is 0 Å². The number of nitrogens with zero attached hydrogens (tertiary/aromatic N) is 1. The number of rotatable bonds is 5. The first-order valence-electron chi connectivity index (χ1n) is 6.11. The van der Waals surface area contributed by atoms with Crippen LogP contribution in [0.15, 0.2) is 12.3 Å². The lowest BCUT2D eigenvalue weighted by Gasteiger charge is -2.16. The minimum Gasteiger partial charge on any atom is -0.396 e. The Morgan fingerprint density at radius 2 is 2.25 bits per heavy atom. The van der Waals surface area contributed by atoms with Crippen LogP contribution in [0.4, 0.5) is 11.5 Å². The van der Waals surface area contributed by atoms with E-state index < -0.39 is 0 Å². The Bertz CT molecular complexity index is 369. The quantitative estimate of drug-likeness (QED) is 0.800. The van der Waals surface area contributed by atoms with E-state index in [0.717, 1.165) is 23.6 Å². The van der Waals surface area contributed by atoms with Crippen molar-refractivity contribution in [2.24, 2.45) is 5.41 Å². The molecule has 1 aliphatic carbocycles. The molecule has 1 aliphatic rings. The summed E-state index contributed by atoms with van der Waals surface area (Å²) >= 11 is 0. The van der Waals surface area contributed by atoms with E-state index in [0.29, 0.717) is 5.41 Å². The van der Waals surface area contributed by atoms with Gasteiger partial charge in [0, 0.05) is 12.7 Å². The minimum atomic E-state index is 0.535. The van der Waals surface area contributed by atoms with Crippen LogP contribution in [0, 0.1) is 12.3 Å². The first-order chi connectivity index (χ1) is 7.65. The second-order valence-electron chi connectivity index (χ2n) is 5.05. The molecule has 0 unspecified atom stereocenters. The standard InChI is InChI=1S/C13H21N3/c1-3-4-13(5-6-13)9-16-12-11(14)7-10(2)8-15-12/h7-8H,3-6,9,14H2,1-2H3,(H,15,16). The van der Waals surface area contributed by atoms with Crippen molar-refractivity contribution in [3.05, 3.63) is 17.8 Å². The molecule has 0 amide bonds. The predicted octanol–water partition coefficient (Wildman–Crippen LogP) is 2.96. The number of hydrogen-bond acceptors (Lipinski definition) is 3. The van der Waals surface area contributed by atoms with E-state index in [1.165, 1.54) is 25.7 Å². The molecule has 1 heterocycles. The van der Waals surface area contributed by atoms with Gasteiger partial charge in [-0.25, -0.2) is 4.98 Å². The second kappa shape index (κ2) is 4.32. The summed E-state index contributed by atoms with van der Waals surface area (Å²) in [6.45, 7) is 5.27. The molecule has 16 heavy (non-hydrogen) atoms. The average Bonchev–Trinajstić information content (AvgIpc) is 2.98. The second-order valence-corrected chi connectivity index (χ2v) is 5.05. The van der Waals surface area contributed by atoms with E-state index >= 15 is 0 Å². The predicted molar refractivity (Wildman–Crippen MR) is 68.5 cm³/mol. The number of nitrogen functional groups attached to an aromatic ring is 1. The Hall–Kier alpha value is -1.25.